The second-order valence-corrected chi connectivity index (χ2v) is 6.87. The Hall–Kier alpha value is -3.44. The first-order valence-corrected chi connectivity index (χ1v) is 9.44. The number of halogens is 1. The zero-order valence-electron chi connectivity index (χ0n) is 15.9. The van der Waals surface area contributed by atoms with Crippen LogP contribution in [0, 0.1) is 0 Å². The molecule has 0 saturated heterocycles. The Kier molecular flexibility index (Phi) is 6.76. The topological polar surface area (TPSA) is 70.6 Å². The van der Waals surface area contributed by atoms with E-state index >= 15 is 0 Å². The third-order valence-corrected chi connectivity index (χ3v) is 4.37. The standard InChI is InChI=1S/C23H20ClN3O2/c1-16(26-27-23(29)18-10-7-11-19(24)15-18)14-22(28)25-21-13-6-5-12-20(21)17-8-3-2-4-9-17/h2-13,15H,14H2,1H3,(H,25,28)(H,27,29)/b26-16+. The minimum Gasteiger partial charge on any atom is -0.325 e. The fourth-order valence-corrected chi connectivity index (χ4v) is 2.96. The van der Waals surface area contributed by atoms with Crippen molar-refractivity contribution in [2.75, 3.05) is 5.32 Å². The Labute approximate surface area is 174 Å². The van der Waals surface area contributed by atoms with Crippen LogP contribution in [0.5, 0.6) is 0 Å². The number of nitrogens with one attached hydrogen (secondary N) is 2. The fourth-order valence-electron chi connectivity index (χ4n) is 2.77. The van der Waals surface area contributed by atoms with E-state index in [9.17, 15) is 9.59 Å². The minimum absolute atomic E-state index is 0.0545. The molecular formula is C23H20ClN3O2. The van der Waals surface area contributed by atoms with Crippen LogP contribution < -0.4 is 10.7 Å². The molecule has 0 fully saturated rings. The van der Waals surface area contributed by atoms with Crippen LogP contribution in [-0.4, -0.2) is 17.5 Å². The number of benzene rings is 3. The van der Waals surface area contributed by atoms with E-state index in [0.717, 1.165) is 16.8 Å². The molecular weight excluding hydrogens is 386 g/mol. The van der Waals surface area contributed by atoms with E-state index < -0.39 is 0 Å². The monoisotopic (exact) mass is 405 g/mol. The molecule has 3 aromatic rings. The number of nitrogens with zero attached hydrogens (tertiary/aromatic N) is 1. The summed E-state index contributed by atoms with van der Waals surface area (Å²) in [5, 5.41) is 7.39. The first kappa shape index (κ1) is 20.3. The summed E-state index contributed by atoms with van der Waals surface area (Å²) >= 11 is 5.89. The summed E-state index contributed by atoms with van der Waals surface area (Å²) in [6, 6.07) is 24.0. The van der Waals surface area contributed by atoms with Crippen molar-refractivity contribution in [2.45, 2.75) is 13.3 Å². The highest BCUT2D eigenvalue weighted by atomic mass is 35.5. The van der Waals surface area contributed by atoms with Gasteiger partial charge < -0.3 is 5.32 Å². The molecule has 2 amide bonds. The zero-order valence-corrected chi connectivity index (χ0v) is 16.6. The lowest BCUT2D eigenvalue weighted by Gasteiger charge is -2.11. The van der Waals surface area contributed by atoms with Crippen molar-refractivity contribution in [1.82, 2.24) is 5.43 Å². The van der Waals surface area contributed by atoms with Gasteiger partial charge in [0, 0.05) is 27.5 Å². The van der Waals surface area contributed by atoms with E-state index in [0.29, 0.717) is 16.3 Å². The molecule has 0 radical (unpaired) electrons. The van der Waals surface area contributed by atoms with Crippen LogP contribution in [0.2, 0.25) is 5.02 Å². The summed E-state index contributed by atoms with van der Waals surface area (Å²) in [6.07, 6.45) is 0.0545. The Balaban J connectivity index is 1.62. The van der Waals surface area contributed by atoms with Crippen molar-refractivity contribution in [1.29, 1.82) is 0 Å². The molecule has 0 aromatic heterocycles. The van der Waals surface area contributed by atoms with Gasteiger partial charge in [0.1, 0.15) is 0 Å². The van der Waals surface area contributed by atoms with E-state index in [4.69, 9.17) is 11.6 Å². The van der Waals surface area contributed by atoms with Crippen LogP contribution in [0.15, 0.2) is 84.0 Å². The Bertz CT molecular complexity index is 1050. The summed E-state index contributed by atoms with van der Waals surface area (Å²) in [7, 11) is 0. The molecule has 6 heteroatoms. The highest BCUT2D eigenvalue weighted by molar-refractivity contribution is 6.31. The maximum Gasteiger partial charge on any atom is 0.271 e. The van der Waals surface area contributed by atoms with Crippen molar-refractivity contribution in [3.05, 3.63) is 89.4 Å². The normalized spacial score (nSPS) is 11.0. The molecule has 0 spiro atoms. The van der Waals surface area contributed by atoms with Crippen LogP contribution >= 0.6 is 11.6 Å². The van der Waals surface area contributed by atoms with Gasteiger partial charge in [0.15, 0.2) is 0 Å². The Morgan fingerprint density at radius 3 is 2.41 bits per heavy atom. The van der Waals surface area contributed by atoms with Crippen molar-refractivity contribution in [3.63, 3.8) is 0 Å². The number of hydrogen-bond acceptors (Lipinski definition) is 3. The maximum absolute atomic E-state index is 12.4. The molecule has 5 nitrogen and oxygen atoms in total. The minimum atomic E-state index is -0.387. The number of hydrazone groups is 1. The van der Waals surface area contributed by atoms with E-state index in [-0.39, 0.29) is 18.2 Å². The first-order valence-electron chi connectivity index (χ1n) is 9.06. The van der Waals surface area contributed by atoms with Crippen molar-refractivity contribution >= 4 is 34.8 Å². The van der Waals surface area contributed by atoms with Crippen LogP contribution in [0.1, 0.15) is 23.7 Å². The van der Waals surface area contributed by atoms with Crippen molar-refractivity contribution in [3.8, 4) is 11.1 Å². The molecule has 146 valence electrons. The van der Waals surface area contributed by atoms with Gasteiger partial charge in [-0.05, 0) is 36.8 Å². The lowest BCUT2D eigenvalue weighted by atomic mass is 10.0. The number of hydrogen-bond donors (Lipinski definition) is 2. The molecule has 0 aliphatic heterocycles. The van der Waals surface area contributed by atoms with Crippen LogP contribution in [0.4, 0.5) is 5.69 Å². The average Bonchev–Trinajstić information content (AvgIpc) is 2.73. The SMILES string of the molecule is C/C(CC(=O)Nc1ccccc1-c1ccccc1)=N\NC(=O)c1cccc(Cl)c1. The van der Waals surface area contributed by atoms with Gasteiger partial charge >= 0.3 is 0 Å². The van der Waals surface area contributed by atoms with Crippen LogP contribution in [-0.2, 0) is 4.79 Å². The molecule has 0 aliphatic carbocycles. The Morgan fingerprint density at radius 2 is 1.66 bits per heavy atom. The molecule has 3 aromatic carbocycles. The van der Waals surface area contributed by atoms with E-state index in [1.165, 1.54) is 0 Å². The van der Waals surface area contributed by atoms with Crippen molar-refractivity contribution in [2.24, 2.45) is 5.10 Å². The highest BCUT2D eigenvalue weighted by Crippen LogP contribution is 2.27. The zero-order chi connectivity index (χ0) is 20.6. The number of carbonyl (C=O) groups excluding carboxylic acids is 2. The van der Waals surface area contributed by atoms with Gasteiger partial charge in [0.25, 0.3) is 5.91 Å². The molecule has 0 aliphatic rings. The molecule has 0 saturated carbocycles. The number of carbonyl (C=O) groups is 2. The molecule has 29 heavy (non-hydrogen) atoms. The van der Waals surface area contributed by atoms with Gasteiger partial charge in [-0.1, -0.05) is 66.2 Å². The number of para-hydroxylation sites is 1. The molecule has 0 atom stereocenters. The summed E-state index contributed by atoms with van der Waals surface area (Å²) in [5.41, 5.74) is 6.00. The summed E-state index contributed by atoms with van der Waals surface area (Å²) in [6.45, 7) is 1.68. The molecule has 0 unspecified atom stereocenters. The van der Waals surface area contributed by atoms with Gasteiger partial charge in [0.05, 0.1) is 6.42 Å². The quantitative estimate of drug-likeness (QED) is 0.440. The number of rotatable bonds is 6. The third kappa shape index (κ3) is 5.77. The summed E-state index contributed by atoms with van der Waals surface area (Å²) in [4.78, 5) is 24.5. The fraction of sp³-hybridized carbons (Fsp3) is 0.0870. The third-order valence-electron chi connectivity index (χ3n) is 4.14. The molecule has 0 bridgehead atoms. The second kappa shape index (κ2) is 9.66. The first-order chi connectivity index (χ1) is 14.0. The highest BCUT2D eigenvalue weighted by Gasteiger charge is 2.10. The predicted molar refractivity (Wildman–Crippen MR) is 117 cm³/mol. The molecule has 2 N–H and O–H groups in total. The maximum atomic E-state index is 12.4. The predicted octanol–water partition coefficient (Wildman–Crippen LogP) is 5.14. The van der Waals surface area contributed by atoms with Gasteiger partial charge in [-0.3, -0.25) is 9.59 Å². The van der Waals surface area contributed by atoms with Gasteiger partial charge in [-0.2, -0.15) is 5.10 Å². The van der Waals surface area contributed by atoms with Gasteiger partial charge in [-0.25, -0.2) is 5.43 Å². The number of anilines is 1. The molecule has 0 heterocycles. The smallest absolute Gasteiger partial charge is 0.271 e. The van der Waals surface area contributed by atoms with Gasteiger partial charge in [-0.15, -0.1) is 0 Å². The summed E-state index contributed by atoms with van der Waals surface area (Å²) < 4.78 is 0. The van der Waals surface area contributed by atoms with E-state index in [2.05, 4.69) is 15.8 Å². The van der Waals surface area contributed by atoms with E-state index in [1.54, 1.807) is 31.2 Å². The van der Waals surface area contributed by atoms with Gasteiger partial charge in [0.2, 0.25) is 5.91 Å². The lowest BCUT2D eigenvalue weighted by Crippen LogP contribution is -2.21. The largest absolute Gasteiger partial charge is 0.325 e. The van der Waals surface area contributed by atoms with E-state index in [1.807, 2.05) is 54.6 Å². The lowest BCUT2D eigenvalue weighted by molar-refractivity contribution is -0.115. The molecule has 3 rings (SSSR count). The van der Waals surface area contributed by atoms with Crippen LogP contribution in [0.25, 0.3) is 11.1 Å². The van der Waals surface area contributed by atoms with Crippen molar-refractivity contribution < 1.29 is 9.59 Å². The second-order valence-electron chi connectivity index (χ2n) is 6.43. The summed E-state index contributed by atoms with van der Waals surface area (Å²) in [5.74, 6) is -0.603. The number of amides is 2. The Morgan fingerprint density at radius 1 is 0.931 bits per heavy atom. The average molecular weight is 406 g/mol. The van der Waals surface area contributed by atoms with Crippen LogP contribution in [0.3, 0.4) is 0 Å².